The van der Waals surface area contributed by atoms with Crippen molar-refractivity contribution in [2.75, 3.05) is 7.11 Å². The molecule has 0 radical (unpaired) electrons. The summed E-state index contributed by atoms with van der Waals surface area (Å²) in [5.74, 6) is -0.429. The quantitative estimate of drug-likeness (QED) is 0.736. The lowest BCUT2D eigenvalue weighted by Crippen LogP contribution is -2.17. The third kappa shape index (κ3) is 4.48. The van der Waals surface area contributed by atoms with Gasteiger partial charge in [0.2, 0.25) is 0 Å². The number of rotatable bonds is 6. The normalized spacial score (nSPS) is 14.9. The molecule has 138 valence electrons. The van der Waals surface area contributed by atoms with E-state index in [0.717, 1.165) is 17.3 Å². The number of hydrogen-bond donors (Lipinski definition) is 2. The standard InChI is InChI=1S/C19H15NO6S/c1-25-15-8-12(9-16-17(21)20-19(24)27-16)4-7-14(15)26-10-11-2-5-13(6-3-11)18(22)23/h2-9H,10H2,1H3,(H,22,23)(H,20,21,24)/b16-9-. The Morgan fingerprint density at radius 2 is 1.89 bits per heavy atom. The largest absolute Gasteiger partial charge is 0.493 e. The van der Waals surface area contributed by atoms with E-state index in [0.29, 0.717) is 22.0 Å². The number of methoxy groups -OCH3 is 1. The first-order valence-electron chi connectivity index (χ1n) is 7.84. The zero-order chi connectivity index (χ0) is 19.4. The first-order valence-corrected chi connectivity index (χ1v) is 8.66. The minimum atomic E-state index is -0.982. The monoisotopic (exact) mass is 385 g/mol. The summed E-state index contributed by atoms with van der Waals surface area (Å²) in [4.78, 5) is 34.0. The molecule has 2 aromatic carbocycles. The van der Waals surface area contributed by atoms with Gasteiger partial charge in [-0.1, -0.05) is 18.2 Å². The molecule has 0 bridgehead atoms. The predicted octanol–water partition coefficient (Wildman–Crippen LogP) is 3.30. The fraction of sp³-hybridized carbons (Fsp3) is 0.105. The molecule has 1 aliphatic rings. The summed E-state index contributed by atoms with van der Waals surface area (Å²) in [7, 11) is 1.50. The zero-order valence-electron chi connectivity index (χ0n) is 14.2. The van der Waals surface area contributed by atoms with Gasteiger partial charge in [0.15, 0.2) is 11.5 Å². The van der Waals surface area contributed by atoms with Crippen LogP contribution in [0.1, 0.15) is 21.5 Å². The van der Waals surface area contributed by atoms with E-state index >= 15 is 0 Å². The van der Waals surface area contributed by atoms with Crippen molar-refractivity contribution in [2.24, 2.45) is 0 Å². The number of amides is 2. The molecule has 27 heavy (non-hydrogen) atoms. The second kappa shape index (κ2) is 7.96. The maximum Gasteiger partial charge on any atom is 0.335 e. The van der Waals surface area contributed by atoms with Gasteiger partial charge in [-0.2, -0.15) is 0 Å². The van der Waals surface area contributed by atoms with E-state index in [1.54, 1.807) is 36.4 Å². The maximum absolute atomic E-state index is 11.6. The number of nitrogens with one attached hydrogen (secondary N) is 1. The molecule has 1 heterocycles. The Kier molecular flexibility index (Phi) is 5.46. The van der Waals surface area contributed by atoms with E-state index in [9.17, 15) is 14.4 Å². The zero-order valence-corrected chi connectivity index (χ0v) is 15.0. The maximum atomic E-state index is 11.6. The number of carboxylic acid groups (broad SMARTS) is 1. The van der Waals surface area contributed by atoms with Crippen molar-refractivity contribution in [3.63, 3.8) is 0 Å². The van der Waals surface area contributed by atoms with E-state index in [2.05, 4.69) is 5.32 Å². The van der Waals surface area contributed by atoms with Gasteiger partial charge < -0.3 is 14.6 Å². The van der Waals surface area contributed by atoms with Gasteiger partial charge in [0.25, 0.3) is 11.1 Å². The number of imide groups is 1. The first-order chi connectivity index (χ1) is 13.0. The first kappa shape index (κ1) is 18.5. The molecule has 0 aromatic heterocycles. The van der Waals surface area contributed by atoms with Gasteiger partial charge in [-0.3, -0.25) is 14.9 Å². The van der Waals surface area contributed by atoms with Gasteiger partial charge in [0.05, 0.1) is 17.6 Å². The SMILES string of the molecule is COc1cc(/C=C2\SC(=O)NC2=O)ccc1OCc1ccc(C(=O)O)cc1. The van der Waals surface area contributed by atoms with Crippen molar-refractivity contribution in [3.05, 3.63) is 64.1 Å². The van der Waals surface area contributed by atoms with Gasteiger partial charge in [0.1, 0.15) is 6.61 Å². The van der Waals surface area contributed by atoms with E-state index in [-0.39, 0.29) is 12.2 Å². The van der Waals surface area contributed by atoms with Crippen LogP contribution in [0.15, 0.2) is 47.4 Å². The number of ether oxygens (including phenoxy) is 2. The summed E-state index contributed by atoms with van der Waals surface area (Å²) >= 11 is 0.844. The van der Waals surface area contributed by atoms with E-state index in [1.807, 2.05) is 0 Å². The van der Waals surface area contributed by atoms with Gasteiger partial charge in [-0.15, -0.1) is 0 Å². The van der Waals surface area contributed by atoms with Crippen LogP contribution < -0.4 is 14.8 Å². The highest BCUT2D eigenvalue weighted by molar-refractivity contribution is 8.18. The third-order valence-corrected chi connectivity index (χ3v) is 4.53. The molecule has 3 rings (SSSR count). The molecule has 8 heteroatoms. The van der Waals surface area contributed by atoms with Gasteiger partial charge in [-0.05, 0) is 53.2 Å². The molecule has 2 aromatic rings. The topological polar surface area (TPSA) is 102 Å². The summed E-state index contributed by atoms with van der Waals surface area (Å²) in [5.41, 5.74) is 1.71. The van der Waals surface area contributed by atoms with Crippen molar-refractivity contribution < 1.29 is 29.0 Å². The van der Waals surface area contributed by atoms with Gasteiger partial charge in [0, 0.05) is 0 Å². The number of carboxylic acids is 1. The summed E-state index contributed by atoms with van der Waals surface area (Å²) in [6.45, 7) is 0.240. The lowest BCUT2D eigenvalue weighted by Gasteiger charge is -2.11. The van der Waals surface area contributed by atoms with Crippen LogP contribution in [-0.2, 0) is 11.4 Å². The summed E-state index contributed by atoms with van der Waals surface area (Å²) in [5, 5.41) is 10.7. The fourth-order valence-corrected chi connectivity index (χ4v) is 3.05. The number of benzene rings is 2. The summed E-state index contributed by atoms with van der Waals surface area (Å²) < 4.78 is 11.1. The van der Waals surface area contributed by atoms with Crippen LogP contribution in [0, 0.1) is 0 Å². The molecular formula is C19H15NO6S. The molecule has 0 saturated carbocycles. The predicted molar refractivity (Wildman–Crippen MR) is 99.8 cm³/mol. The Morgan fingerprint density at radius 3 is 2.48 bits per heavy atom. The highest BCUT2D eigenvalue weighted by atomic mass is 32.2. The average Bonchev–Trinajstić information content (AvgIpc) is 2.97. The minimum absolute atomic E-state index is 0.209. The van der Waals surface area contributed by atoms with Crippen LogP contribution in [0.4, 0.5) is 4.79 Å². The molecule has 2 amide bonds. The smallest absolute Gasteiger partial charge is 0.335 e. The van der Waals surface area contributed by atoms with Crippen molar-refractivity contribution in [1.29, 1.82) is 0 Å². The lowest BCUT2D eigenvalue weighted by molar-refractivity contribution is -0.115. The van der Waals surface area contributed by atoms with E-state index in [4.69, 9.17) is 14.6 Å². The Labute approximate surface area is 159 Å². The molecule has 0 spiro atoms. The Morgan fingerprint density at radius 1 is 1.15 bits per heavy atom. The van der Waals surface area contributed by atoms with Crippen LogP contribution >= 0.6 is 11.8 Å². The molecule has 7 nitrogen and oxygen atoms in total. The molecule has 0 unspecified atom stereocenters. The van der Waals surface area contributed by atoms with Gasteiger partial charge in [-0.25, -0.2) is 4.79 Å². The number of carbonyl (C=O) groups is 3. The second-order valence-electron chi connectivity index (χ2n) is 5.55. The third-order valence-electron chi connectivity index (χ3n) is 3.72. The van der Waals surface area contributed by atoms with Crippen LogP contribution in [0.3, 0.4) is 0 Å². The fourth-order valence-electron chi connectivity index (χ4n) is 2.37. The van der Waals surface area contributed by atoms with Gasteiger partial charge >= 0.3 is 5.97 Å². The molecule has 0 atom stereocenters. The summed E-state index contributed by atoms with van der Waals surface area (Å²) in [6, 6.07) is 11.5. The average molecular weight is 385 g/mol. The van der Waals surface area contributed by atoms with E-state index < -0.39 is 17.1 Å². The van der Waals surface area contributed by atoms with Crippen LogP contribution in [0.25, 0.3) is 6.08 Å². The number of hydrogen-bond acceptors (Lipinski definition) is 6. The highest BCUT2D eigenvalue weighted by Gasteiger charge is 2.25. The molecular weight excluding hydrogens is 370 g/mol. The number of aromatic carboxylic acids is 1. The van der Waals surface area contributed by atoms with Crippen molar-refractivity contribution >= 4 is 35.0 Å². The Bertz CT molecular complexity index is 936. The molecule has 2 N–H and O–H groups in total. The van der Waals surface area contributed by atoms with Crippen LogP contribution in [-0.4, -0.2) is 29.3 Å². The van der Waals surface area contributed by atoms with Crippen molar-refractivity contribution in [3.8, 4) is 11.5 Å². The van der Waals surface area contributed by atoms with Crippen molar-refractivity contribution in [1.82, 2.24) is 5.32 Å². The number of thioether (sulfide) groups is 1. The molecule has 1 fully saturated rings. The van der Waals surface area contributed by atoms with Crippen LogP contribution in [0.5, 0.6) is 11.5 Å². The second-order valence-corrected chi connectivity index (χ2v) is 6.57. The van der Waals surface area contributed by atoms with Crippen molar-refractivity contribution in [2.45, 2.75) is 6.61 Å². The van der Waals surface area contributed by atoms with E-state index in [1.165, 1.54) is 19.2 Å². The molecule has 1 aliphatic heterocycles. The molecule has 0 aliphatic carbocycles. The Hall–Kier alpha value is -3.26. The summed E-state index contributed by atoms with van der Waals surface area (Å²) in [6.07, 6.45) is 1.60. The van der Waals surface area contributed by atoms with Crippen LogP contribution in [0.2, 0.25) is 0 Å². The Balaban J connectivity index is 1.73. The minimum Gasteiger partial charge on any atom is -0.493 e. The lowest BCUT2D eigenvalue weighted by atomic mass is 10.1. The number of carbonyl (C=O) groups excluding carboxylic acids is 2. The molecule has 1 saturated heterocycles. The highest BCUT2D eigenvalue weighted by Crippen LogP contribution is 2.32.